The van der Waals surface area contributed by atoms with Gasteiger partial charge in [-0.05, 0) is 25.1 Å². The first-order chi connectivity index (χ1) is 9.35. The largest absolute Gasteiger partial charge is 0.449 e. The highest BCUT2D eigenvalue weighted by Gasteiger charge is 2.21. The number of benzene rings is 1. The van der Waals surface area contributed by atoms with Gasteiger partial charge in [-0.15, -0.1) is 0 Å². The zero-order valence-corrected chi connectivity index (χ0v) is 11.5. The molecule has 1 unspecified atom stereocenters. The lowest BCUT2D eigenvalue weighted by molar-refractivity contribution is -0.127. The second-order valence-electron chi connectivity index (χ2n) is 3.74. The molecule has 0 aromatic heterocycles. The van der Waals surface area contributed by atoms with Crippen LogP contribution >= 0.6 is 11.6 Å². The Hall–Kier alpha value is -2.15. The third-order valence-electron chi connectivity index (χ3n) is 2.27. The number of halogens is 2. The van der Waals surface area contributed by atoms with Crippen LogP contribution in [0.15, 0.2) is 18.2 Å². The van der Waals surface area contributed by atoms with Gasteiger partial charge in [0, 0.05) is 7.05 Å². The monoisotopic (exact) mass is 302 g/mol. The Bertz CT molecular complexity index is 550. The van der Waals surface area contributed by atoms with E-state index in [-0.39, 0.29) is 10.6 Å². The van der Waals surface area contributed by atoms with Crippen LogP contribution in [0, 0.1) is 5.82 Å². The van der Waals surface area contributed by atoms with E-state index in [1.165, 1.54) is 14.0 Å². The fourth-order valence-corrected chi connectivity index (χ4v) is 1.45. The molecule has 20 heavy (non-hydrogen) atoms. The van der Waals surface area contributed by atoms with Crippen molar-refractivity contribution in [3.8, 4) is 0 Å². The van der Waals surface area contributed by atoms with Gasteiger partial charge in [-0.3, -0.25) is 10.1 Å². The van der Waals surface area contributed by atoms with Crippen LogP contribution in [0.5, 0.6) is 0 Å². The van der Waals surface area contributed by atoms with Crippen LogP contribution in [-0.4, -0.2) is 31.1 Å². The summed E-state index contributed by atoms with van der Waals surface area (Å²) in [5, 5.41) is 4.00. The molecule has 3 amide bonds. The molecule has 2 N–H and O–H groups in total. The summed E-state index contributed by atoms with van der Waals surface area (Å²) in [4.78, 5) is 34.1. The lowest BCUT2D eigenvalue weighted by Crippen LogP contribution is -2.43. The molecule has 0 heterocycles. The summed E-state index contributed by atoms with van der Waals surface area (Å²) >= 11 is 5.69. The smallest absolute Gasteiger partial charge is 0.340 e. The second kappa shape index (κ2) is 6.85. The van der Waals surface area contributed by atoms with Gasteiger partial charge < -0.3 is 10.1 Å². The average Bonchev–Trinajstić information content (AvgIpc) is 2.37. The molecule has 0 aliphatic rings. The molecule has 0 saturated carbocycles. The summed E-state index contributed by atoms with van der Waals surface area (Å²) in [5.41, 5.74) is -0.0762. The third kappa shape index (κ3) is 4.20. The number of urea groups is 1. The number of imide groups is 1. The van der Waals surface area contributed by atoms with Crippen LogP contribution in [0.1, 0.15) is 17.3 Å². The summed E-state index contributed by atoms with van der Waals surface area (Å²) in [6, 6.07) is 2.41. The minimum absolute atomic E-state index is 0.0762. The van der Waals surface area contributed by atoms with Crippen molar-refractivity contribution in [1.29, 1.82) is 0 Å². The van der Waals surface area contributed by atoms with Gasteiger partial charge in [0.25, 0.3) is 5.91 Å². The third-order valence-corrected chi connectivity index (χ3v) is 2.58. The van der Waals surface area contributed by atoms with Gasteiger partial charge in [0.15, 0.2) is 6.10 Å². The van der Waals surface area contributed by atoms with Crippen LogP contribution in [-0.2, 0) is 9.53 Å². The summed E-state index contributed by atoms with van der Waals surface area (Å²) in [6.45, 7) is 1.29. The van der Waals surface area contributed by atoms with E-state index in [1.807, 2.05) is 5.32 Å². The highest BCUT2D eigenvalue weighted by atomic mass is 35.5. The SMILES string of the molecule is CNC(=O)NC(=O)C(C)OC(=O)c1ccc(F)cc1Cl. The molecule has 1 aromatic carbocycles. The first-order valence-electron chi connectivity index (χ1n) is 5.53. The van der Waals surface area contributed by atoms with Crippen LogP contribution in [0.4, 0.5) is 9.18 Å². The fraction of sp³-hybridized carbons (Fsp3) is 0.250. The molecular formula is C12H12ClFN2O4. The van der Waals surface area contributed by atoms with Crippen molar-refractivity contribution in [2.24, 2.45) is 0 Å². The van der Waals surface area contributed by atoms with Gasteiger partial charge in [-0.1, -0.05) is 11.6 Å². The molecule has 0 radical (unpaired) electrons. The molecule has 6 nitrogen and oxygen atoms in total. The Labute approximate surface area is 119 Å². The summed E-state index contributed by atoms with van der Waals surface area (Å²) in [5.74, 6) is -2.29. The first kappa shape index (κ1) is 15.9. The Morgan fingerprint density at radius 3 is 2.55 bits per heavy atom. The summed E-state index contributed by atoms with van der Waals surface area (Å²) in [7, 11) is 1.33. The molecule has 8 heteroatoms. The zero-order valence-electron chi connectivity index (χ0n) is 10.7. The van der Waals surface area contributed by atoms with Crippen molar-refractivity contribution in [3.05, 3.63) is 34.6 Å². The van der Waals surface area contributed by atoms with Crippen molar-refractivity contribution in [1.82, 2.24) is 10.6 Å². The molecule has 0 bridgehead atoms. The van der Waals surface area contributed by atoms with Crippen molar-refractivity contribution < 1.29 is 23.5 Å². The van der Waals surface area contributed by atoms with Crippen LogP contribution < -0.4 is 10.6 Å². The number of hydrogen-bond acceptors (Lipinski definition) is 4. The predicted molar refractivity (Wildman–Crippen MR) is 68.9 cm³/mol. The fourth-order valence-electron chi connectivity index (χ4n) is 1.21. The van der Waals surface area contributed by atoms with Crippen molar-refractivity contribution in [2.75, 3.05) is 7.05 Å². The van der Waals surface area contributed by atoms with Gasteiger partial charge in [-0.25, -0.2) is 14.0 Å². The summed E-state index contributed by atoms with van der Waals surface area (Å²) < 4.78 is 17.7. The minimum Gasteiger partial charge on any atom is -0.449 e. The molecule has 1 aromatic rings. The molecule has 1 atom stereocenters. The number of esters is 1. The number of ether oxygens (including phenoxy) is 1. The summed E-state index contributed by atoms with van der Waals surface area (Å²) in [6.07, 6.45) is -1.21. The van der Waals surface area contributed by atoms with E-state index in [9.17, 15) is 18.8 Å². The topological polar surface area (TPSA) is 84.5 Å². The highest BCUT2D eigenvalue weighted by Crippen LogP contribution is 2.18. The Morgan fingerprint density at radius 2 is 2.00 bits per heavy atom. The Kier molecular flexibility index (Phi) is 5.45. The van der Waals surface area contributed by atoms with E-state index in [0.29, 0.717) is 0 Å². The second-order valence-corrected chi connectivity index (χ2v) is 4.15. The molecule has 1 rings (SSSR count). The molecule has 108 valence electrons. The van der Waals surface area contributed by atoms with E-state index >= 15 is 0 Å². The quantitative estimate of drug-likeness (QED) is 0.828. The van der Waals surface area contributed by atoms with E-state index < -0.39 is 29.8 Å². The van der Waals surface area contributed by atoms with Crippen molar-refractivity contribution in [3.63, 3.8) is 0 Å². The highest BCUT2D eigenvalue weighted by molar-refractivity contribution is 6.33. The number of nitrogens with one attached hydrogen (secondary N) is 2. The van der Waals surface area contributed by atoms with Gasteiger partial charge in [0.1, 0.15) is 5.82 Å². The first-order valence-corrected chi connectivity index (χ1v) is 5.91. The normalized spacial score (nSPS) is 11.4. The molecular weight excluding hydrogens is 291 g/mol. The van der Waals surface area contributed by atoms with Gasteiger partial charge in [0.05, 0.1) is 10.6 Å². The standard InChI is InChI=1S/C12H12ClFN2O4/c1-6(10(17)16-12(19)15-2)20-11(18)8-4-3-7(14)5-9(8)13/h3-6H,1-2H3,(H2,15,16,17,19). The molecule has 0 fully saturated rings. The van der Waals surface area contributed by atoms with Crippen LogP contribution in [0.25, 0.3) is 0 Å². The van der Waals surface area contributed by atoms with E-state index in [1.54, 1.807) is 0 Å². The molecule has 0 saturated heterocycles. The Balaban J connectivity index is 2.70. The Morgan fingerprint density at radius 1 is 1.35 bits per heavy atom. The lowest BCUT2D eigenvalue weighted by atomic mass is 10.2. The maximum Gasteiger partial charge on any atom is 0.340 e. The van der Waals surface area contributed by atoms with Gasteiger partial charge in [-0.2, -0.15) is 0 Å². The number of amides is 3. The molecule has 0 aliphatic carbocycles. The van der Waals surface area contributed by atoms with E-state index in [2.05, 4.69) is 5.32 Å². The molecule has 0 spiro atoms. The number of carbonyl (C=O) groups is 3. The predicted octanol–water partition coefficient (Wildman–Crippen LogP) is 1.48. The number of hydrogen-bond donors (Lipinski definition) is 2. The van der Waals surface area contributed by atoms with Gasteiger partial charge in [0.2, 0.25) is 0 Å². The maximum absolute atomic E-state index is 12.8. The zero-order chi connectivity index (χ0) is 15.3. The van der Waals surface area contributed by atoms with E-state index in [4.69, 9.17) is 16.3 Å². The molecule has 0 aliphatic heterocycles. The van der Waals surface area contributed by atoms with Crippen LogP contribution in [0.2, 0.25) is 5.02 Å². The minimum atomic E-state index is -1.21. The number of carbonyl (C=O) groups excluding carboxylic acids is 3. The van der Waals surface area contributed by atoms with Crippen molar-refractivity contribution >= 4 is 29.5 Å². The van der Waals surface area contributed by atoms with Crippen LogP contribution in [0.3, 0.4) is 0 Å². The van der Waals surface area contributed by atoms with Gasteiger partial charge >= 0.3 is 12.0 Å². The maximum atomic E-state index is 12.8. The van der Waals surface area contributed by atoms with E-state index in [0.717, 1.165) is 18.2 Å². The average molecular weight is 303 g/mol. The lowest BCUT2D eigenvalue weighted by Gasteiger charge is -2.13. The number of rotatable bonds is 3. The van der Waals surface area contributed by atoms with Crippen molar-refractivity contribution in [2.45, 2.75) is 13.0 Å².